The third kappa shape index (κ3) is 1.97. The van der Waals surface area contributed by atoms with Crippen LogP contribution >= 0.6 is 0 Å². The van der Waals surface area contributed by atoms with E-state index in [4.69, 9.17) is 0 Å². The van der Waals surface area contributed by atoms with Crippen LogP contribution in [0.1, 0.15) is 25.7 Å². The van der Waals surface area contributed by atoms with Crippen molar-refractivity contribution in [3.8, 4) is 0 Å². The number of carbonyl (C=O) groups is 1. The van der Waals surface area contributed by atoms with Crippen molar-refractivity contribution < 1.29 is 18.3 Å². The van der Waals surface area contributed by atoms with Gasteiger partial charge in [-0.05, 0) is 12.8 Å². The Labute approximate surface area is 87.4 Å². The van der Waals surface area contributed by atoms with Crippen molar-refractivity contribution in [2.45, 2.75) is 43.7 Å². The minimum Gasteiger partial charge on any atom is -0.468 e. The molecule has 0 aromatic heterocycles. The van der Waals surface area contributed by atoms with E-state index in [9.17, 15) is 13.6 Å². The lowest BCUT2D eigenvalue weighted by Gasteiger charge is -2.42. The van der Waals surface area contributed by atoms with Gasteiger partial charge >= 0.3 is 5.97 Å². The molecule has 1 aliphatic heterocycles. The molecule has 0 spiro atoms. The highest BCUT2D eigenvalue weighted by molar-refractivity contribution is 5.76. The standard InChI is InChI=1S/C10H15F2NO2/c1-15-9(14)8-3-5-13(8)7-2-4-10(11,12)6-7/h7-8H,2-6H2,1H3. The first-order chi connectivity index (χ1) is 7.03. The van der Waals surface area contributed by atoms with Crippen molar-refractivity contribution in [2.24, 2.45) is 0 Å². The molecule has 0 amide bonds. The first-order valence-electron chi connectivity index (χ1n) is 5.25. The molecule has 2 rings (SSSR count). The second-order valence-electron chi connectivity index (χ2n) is 4.32. The van der Waals surface area contributed by atoms with Gasteiger partial charge in [0.2, 0.25) is 5.92 Å². The van der Waals surface area contributed by atoms with E-state index in [0.717, 1.165) is 13.0 Å². The molecule has 0 radical (unpaired) electrons. The lowest BCUT2D eigenvalue weighted by atomic mass is 9.99. The quantitative estimate of drug-likeness (QED) is 0.658. The molecule has 2 aliphatic rings. The highest BCUT2D eigenvalue weighted by Gasteiger charge is 2.47. The number of hydrogen-bond acceptors (Lipinski definition) is 3. The Balaban J connectivity index is 1.93. The van der Waals surface area contributed by atoms with Crippen LogP contribution in [0.25, 0.3) is 0 Å². The van der Waals surface area contributed by atoms with Gasteiger partial charge in [-0.25, -0.2) is 8.78 Å². The van der Waals surface area contributed by atoms with Crippen LogP contribution in [-0.2, 0) is 9.53 Å². The number of methoxy groups -OCH3 is 1. The average molecular weight is 219 g/mol. The number of likely N-dealkylation sites (tertiary alicyclic amines) is 1. The molecule has 5 heteroatoms. The molecule has 0 aromatic rings. The second-order valence-corrected chi connectivity index (χ2v) is 4.32. The normalized spacial score (nSPS) is 34.9. The van der Waals surface area contributed by atoms with Crippen LogP contribution in [0, 0.1) is 0 Å². The van der Waals surface area contributed by atoms with Crippen LogP contribution < -0.4 is 0 Å². The van der Waals surface area contributed by atoms with Crippen molar-refractivity contribution in [3.05, 3.63) is 0 Å². The van der Waals surface area contributed by atoms with E-state index >= 15 is 0 Å². The van der Waals surface area contributed by atoms with Gasteiger partial charge in [0, 0.05) is 25.4 Å². The smallest absolute Gasteiger partial charge is 0.323 e. The number of rotatable bonds is 2. The van der Waals surface area contributed by atoms with E-state index < -0.39 is 5.92 Å². The Morgan fingerprint density at radius 3 is 2.60 bits per heavy atom. The van der Waals surface area contributed by atoms with Crippen molar-refractivity contribution in [1.29, 1.82) is 0 Å². The summed E-state index contributed by atoms with van der Waals surface area (Å²) in [6, 6.07) is -0.424. The molecule has 0 bridgehead atoms. The summed E-state index contributed by atoms with van der Waals surface area (Å²) in [5.74, 6) is -2.84. The highest BCUT2D eigenvalue weighted by atomic mass is 19.3. The van der Waals surface area contributed by atoms with Gasteiger partial charge in [-0.15, -0.1) is 0 Å². The monoisotopic (exact) mass is 219 g/mol. The van der Waals surface area contributed by atoms with Crippen molar-refractivity contribution >= 4 is 5.97 Å². The summed E-state index contributed by atoms with van der Waals surface area (Å²) in [4.78, 5) is 13.1. The third-order valence-corrected chi connectivity index (χ3v) is 3.38. The number of hydrogen-bond donors (Lipinski definition) is 0. The first kappa shape index (κ1) is 10.8. The van der Waals surface area contributed by atoms with E-state index in [2.05, 4.69) is 4.74 Å². The van der Waals surface area contributed by atoms with Gasteiger partial charge in [0.05, 0.1) is 7.11 Å². The molecule has 1 saturated heterocycles. The third-order valence-electron chi connectivity index (χ3n) is 3.38. The molecule has 2 unspecified atom stereocenters. The molecule has 3 nitrogen and oxygen atoms in total. The van der Waals surface area contributed by atoms with Gasteiger partial charge in [-0.1, -0.05) is 0 Å². The summed E-state index contributed by atoms with van der Waals surface area (Å²) in [5, 5.41) is 0. The van der Waals surface area contributed by atoms with Gasteiger partial charge in [0.1, 0.15) is 6.04 Å². The molecular formula is C10H15F2NO2. The molecule has 1 heterocycles. The molecule has 15 heavy (non-hydrogen) atoms. The SMILES string of the molecule is COC(=O)C1CCN1C1CCC(F)(F)C1. The van der Waals surface area contributed by atoms with E-state index in [-0.39, 0.29) is 30.9 Å². The van der Waals surface area contributed by atoms with Gasteiger partial charge in [-0.3, -0.25) is 9.69 Å². The molecular weight excluding hydrogens is 204 g/mol. The number of nitrogens with zero attached hydrogens (tertiary/aromatic N) is 1. The van der Waals surface area contributed by atoms with Crippen molar-refractivity contribution in [2.75, 3.05) is 13.7 Å². The van der Waals surface area contributed by atoms with Gasteiger partial charge in [0.15, 0.2) is 0 Å². The molecule has 1 saturated carbocycles. The van der Waals surface area contributed by atoms with Crippen molar-refractivity contribution in [1.82, 2.24) is 4.90 Å². The van der Waals surface area contributed by atoms with Gasteiger partial charge in [0.25, 0.3) is 0 Å². The zero-order valence-corrected chi connectivity index (χ0v) is 8.71. The maximum absolute atomic E-state index is 13.0. The lowest BCUT2D eigenvalue weighted by molar-refractivity contribution is -0.154. The van der Waals surface area contributed by atoms with Gasteiger partial charge < -0.3 is 4.74 Å². The van der Waals surface area contributed by atoms with E-state index in [1.165, 1.54) is 7.11 Å². The zero-order valence-electron chi connectivity index (χ0n) is 8.71. The van der Waals surface area contributed by atoms with Crippen LogP contribution in [0.3, 0.4) is 0 Å². The van der Waals surface area contributed by atoms with Crippen LogP contribution in [-0.4, -0.2) is 42.5 Å². The number of ether oxygens (including phenoxy) is 1. The fourth-order valence-corrected chi connectivity index (χ4v) is 2.44. The van der Waals surface area contributed by atoms with Crippen LogP contribution in [0.2, 0.25) is 0 Å². The summed E-state index contributed by atoms with van der Waals surface area (Å²) in [6.45, 7) is 0.737. The molecule has 2 fully saturated rings. The van der Waals surface area contributed by atoms with Gasteiger partial charge in [-0.2, -0.15) is 0 Å². The minimum absolute atomic E-state index is 0.0535. The Bertz CT molecular complexity index is 270. The Morgan fingerprint density at radius 1 is 1.47 bits per heavy atom. The minimum atomic E-state index is -2.54. The molecule has 1 aliphatic carbocycles. The fourth-order valence-electron chi connectivity index (χ4n) is 2.44. The number of esters is 1. The van der Waals surface area contributed by atoms with E-state index in [1.54, 1.807) is 0 Å². The summed E-state index contributed by atoms with van der Waals surface area (Å²) in [7, 11) is 1.34. The molecule has 0 N–H and O–H groups in total. The summed E-state index contributed by atoms with van der Waals surface area (Å²) in [5.41, 5.74) is 0. The molecule has 2 atom stereocenters. The maximum atomic E-state index is 13.0. The predicted octanol–water partition coefficient (Wildman–Crippen LogP) is 1.42. The predicted molar refractivity (Wildman–Crippen MR) is 49.7 cm³/mol. The Hall–Kier alpha value is -0.710. The summed E-state index contributed by atoms with van der Waals surface area (Å²) >= 11 is 0. The maximum Gasteiger partial charge on any atom is 0.323 e. The number of carbonyl (C=O) groups excluding carboxylic acids is 1. The lowest BCUT2D eigenvalue weighted by Crippen LogP contribution is -2.56. The largest absolute Gasteiger partial charge is 0.468 e. The second kappa shape index (κ2) is 3.70. The summed E-state index contributed by atoms with van der Waals surface area (Å²) in [6.07, 6.45) is 1.05. The Morgan fingerprint density at radius 2 is 2.20 bits per heavy atom. The molecule has 86 valence electrons. The first-order valence-corrected chi connectivity index (χ1v) is 5.25. The summed E-state index contributed by atoms with van der Waals surface area (Å²) < 4.78 is 30.6. The Kier molecular flexibility index (Phi) is 2.66. The topological polar surface area (TPSA) is 29.5 Å². The number of alkyl halides is 2. The fraction of sp³-hybridized carbons (Fsp3) is 0.900. The zero-order chi connectivity index (χ0) is 11.1. The number of halogens is 2. The van der Waals surface area contributed by atoms with E-state index in [1.807, 2.05) is 4.90 Å². The van der Waals surface area contributed by atoms with Crippen LogP contribution in [0.4, 0.5) is 8.78 Å². The average Bonchev–Trinajstić information content (AvgIpc) is 2.44. The van der Waals surface area contributed by atoms with Crippen molar-refractivity contribution in [3.63, 3.8) is 0 Å². The molecule has 0 aromatic carbocycles. The highest BCUT2D eigenvalue weighted by Crippen LogP contribution is 2.40. The van der Waals surface area contributed by atoms with E-state index in [0.29, 0.717) is 6.42 Å². The van der Waals surface area contributed by atoms with Crippen LogP contribution in [0.5, 0.6) is 0 Å². The van der Waals surface area contributed by atoms with Crippen LogP contribution in [0.15, 0.2) is 0 Å².